The molecule has 0 unspecified atom stereocenters. The van der Waals surface area contributed by atoms with Crippen molar-refractivity contribution in [3.05, 3.63) is 66.2 Å². The molecule has 0 aliphatic heterocycles. The molecule has 1 aromatic carbocycles. The maximum atomic E-state index is 12.9. The van der Waals surface area contributed by atoms with Gasteiger partial charge in [0.1, 0.15) is 5.69 Å². The van der Waals surface area contributed by atoms with Crippen molar-refractivity contribution in [3.63, 3.8) is 0 Å². The van der Waals surface area contributed by atoms with E-state index in [4.69, 9.17) is 0 Å². The highest BCUT2D eigenvalue weighted by Crippen LogP contribution is 2.34. The molecule has 26 heavy (non-hydrogen) atoms. The Labute approximate surface area is 145 Å². The Morgan fingerprint density at radius 2 is 1.96 bits per heavy atom. The molecule has 0 radical (unpaired) electrons. The van der Waals surface area contributed by atoms with Crippen LogP contribution in [0.15, 0.2) is 55.0 Å². The van der Waals surface area contributed by atoms with Gasteiger partial charge >= 0.3 is 12.2 Å². The third-order valence-corrected chi connectivity index (χ3v) is 3.36. The summed E-state index contributed by atoms with van der Waals surface area (Å²) in [7, 11) is 0. The number of para-hydroxylation sites is 1. The van der Waals surface area contributed by atoms with E-state index in [1.54, 1.807) is 30.7 Å². The third-order valence-electron chi connectivity index (χ3n) is 3.36. The van der Waals surface area contributed by atoms with E-state index >= 15 is 0 Å². The van der Waals surface area contributed by atoms with E-state index in [1.807, 2.05) is 0 Å². The quantitative estimate of drug-likeness (QED) is 0.747. The van der Waals surface area contributed by atoms with Gasteiger partial charge in [-0.2, -0.15) is 13.2 Å². The zero-order chi connectivity index (χ0) is 18.6. The lowest BCUT2D eigenvalue weighted by atomic mass is 10.1. The highest BCUT2D eigenvalue weighted by atomic mass is 19.4. The SMILES string of the molecule is O=C(NCc1cn(-c2cccnc2)nn1)Nc1ccccc1C(F)(F)F. The van der Waals surface area contributed by atoms with Crippen molar-refractivity contribution in [2.75, 3.05) is 5.32 Å². The molecule has 0 aliphatic carbocycles. The summed E-state index contributed by atoms with van der Waals surface area (Å²) in [5, 5.41) is 12.4. The molecule has 2 N–H and O–H groups in total. The molecule has 7 nitrogen and oxygen atoms in total. The molecule has 0 fully saturated rings. The number of carbonyl (C=O) groups is 1. The molecule has 3 aromatic rings. The lowest BCUT2D eigenvalue weighted by Crippen LogP contribution is -2.29. The summed E-state index contributed by atoms with van der Waals surface area (Å²) < 4.78 is 40.2. The smallest absolute Gasteiger partial charge is 0.332 e. The summed E-state index contributed by atoms with van der Waals surface area (Å²) in [6, 6.07) is 7.47. The Bertz CT molecular complexity index is 894. The Balaban J connectivity index is 1.61. The first-order chi connectivity index (χ1) is 12.4. The van der Waals surface area contributed by atoms with Crippen molar-refractivity contribution < 1.29 is 18.0 Å². The fourth-order valence-electron chi connectivity index (χ4n) is 2.17. The van der Waals surface area contributed by atoms with Crippen LogP contribution in [0.4, 0.5) is 23.7 Å². The second kappa shape index (κ2) is 7.21. The number of carbonyl (C=O) groups excluding carboxylic acids is 1. The predicted molar refractivity (Wildman–Crippen MR) is 86.5 cm³/mol. The summed E-state index contributed by atoms with van der Waals surface area (Å²) in [6.45, 7) is 0.000278. The van der Waals surface area contributed by atoms with Crippen molar-refractivity contribution in [1.82, 2.24) is 25.3 Å². The van der Waals surface area contributed by atoms with E-state index in [0.717, 1.165) is 6.07 Å². The molecule has 0 saturated carbocycles. The monoisotopic (exact) mass is 362 g/mol. The molecule has 3 rings (SSSR count). The van der Waals surface area contributed by atoms with E-state index in [2.05, 4.69) is 25.9 Å². The number of pyridine rings is 1. The first-order valence-electron chi connectivity index (χ1n) is 7.46. The zero-order valence-electron chi connectivity index (χ0n) is 13.2. The van der Waals surface area contributed by atoms with Crippen LogP contribution in [0.25, 0.3) is 5.69 Å². The highest BCUT2D eigenvalue weighted by molar-refractivity contribution is 5.90. The molecule has 0 atom stereocenters. The third kappa shape index (κ3) is 4.15. The summed E-state index contributed by atoms with van der Waals surface area (Å²) in [4.78, 5) is 15.8. The van der Waals surface area contributed by atoms with Crippen LogP contribution in [-0.2, 0) is 12.7 Å². The molecule has 10 heteroatoms. The van der Waals surface area contributed by atoms with Crippen molar-refractivity contribution >= 4 is 11.7 Å². The van der Waals surface area contributed by atoms with Crippen LogP contribution in [0, 0.1) is 0 Å². The Kier molecular flexibility index (Phi) is 4.83. The van der Waals surface area contributed by atoms with Crippen LogP contribution >= 0.6 is 0 Å². The average molecular weight is 362 g/mol. The molecule has 2 heterocycles. The lowest BCUT2D eigenvalue weighted by Gasteiger charge is -2.13. The van der Waals surface area contributed by atoms with Gasteiger partial charge in [0.2, 0.25) is 0 Å². The zero-order valence-corrected chi connectivity index (χ0v) is 13.2. The lowest BCUT2D eigenvalue weighted by molar-refractivity contribution is -0.136. The number of rotatable bonds is 4. The maximum absolute atomic E-state index is 12.9. The molecule has 0 spiro atoms. The van der Waals surface area contributed by atoms with E-state index in [0.29, 0.717) is 11.4 Å². The number of halogens is 3. The summed E-state index contributed by atoms with van der Waals surface area (Å²) in [5.41, 5.74) is -0.114. The molecule has 0 saturated heterocycles. The second-order valence-corrected chi connectivity index (χ2v) is 5.22. The maximum Gasteiger partial charge on any atom is 0.418 e. The van der Waals surface area contributed by atoms with Crippen molar-refractivity contribution in [3.8, 4) is 5.69 Å². The van der Waals surface area contributed by atoms with E-state index in [1.165, 1.54) is 22.9 Å². The largest absolute Gasteiger partial charge is 0.418 e. The standard InChI is InChI=1S/C16H13F3N6O/c17-16(18,19)13-5-1-2-6-14(13)22-15(26)21-8-11-10-25(24-23-11)12-4-3-7-20-9-12/h1-7,9-10H,8H2,(H2,21,22,26). The number of anilines is 1. The minimum Gasteiger partial charge on any atom is -0.332 e. The number of amides is 2. The number of nitrogens with zero attached hydrogens (tertiary/aromatic N) is 4. The van der Waals surface area contributed by atoms with Gasteiger partial charge in [-0.05, 0) is 24.3 Å². The van der Waals surface area contributed by atoms with Gasteiger partial charge in [0.05, 0.1) is 35.9 Å². The molecule has 2 amide bonds. The van der Waals surface area contributed by atoms with Gasteiger partial charge in [-0.3, -0.25) is 4.98 Å². The number of urea groups is 1. The highest BCUT2D eigenvalue weighted by Gasteiger charge is 2.33. The minimum absolute atomic E-state index is 0.000278. The normalized spacial score (nSPS) is 11.2. The predicted octanol–water partition coefficient (Wildman–Crippen LogP) is 3.00. The first-order valence-corrected chi connectivity index (χ1v) is 7.46. The summed E-state index contributed by atoms with van der Waals surface area (Å²) >= 11 is 0. The van der Waals surface area contributed by atoms with Crippen LogP contribution in [0.5, 0.6) is 0 Å². The number of nitrogens with one attached hydrogen (secondary N) is 2. The van der Waals surface area contributed by atoms with Gasteiger partial charge < -0.3 is 10.6 Å². The fraction of sp³-hybridized carbons (Fsp3) is 0.125. The van der Waals surface area contributed by atoms with Crippen molar-refractivity contribution in [2.45, 2.75) is 12.7 Å². The van der Waals surface area contributed by atoms with Crippen LogP contribution < -0.4 is 10.6 Å². The molecule has 0 aliphatic rings. The van der Waals surface area contributed by atoms with Gasteiger partial charge in [0.25, 0.3) is 0 Å². The van der Waals surface area contributed by atoms with Gasteiger partial charge in [-0.15, -0.1) is 5.10 Å². The van der Waals surface area contributed by atoms with Gasteiger partial charge in [-0.25, -0.2) is 9.48 Å². The van der Waals surface area contributed by atoms with Crippen LogP contribution in [0.3, 0.4) is 0 Å². The van der Waals surface area contributed by atoms with Crippen LogP contribution in [0.1, 0.15) is 11.3 Å². The van der Waals surface area contributed by atoms with Crippen molar-refractivity contribution in [2.24, 2.45) is 0 Å². The molecular weight excluding hydrogens is 349 g/mol. The number of hydrogen-bond donors (Lipinski definition) is 2. The first kappa shape index (κ1) is 17.4. The van der Waals surface area contributed by atoms with Gasteiger partial charge in [0, 0.05) is 6.20 Å². The van der Waals surface area contributed by atoms with E-state index in [-0.39, 0.29) is 12.2 Å². The fourth-order valence-corrected chi connectivity index (χ4v) is 2.17. The minimum atomic E-state index is -4.56. The average Bonchev–Trinajstić information content (AvgIpc) is 3.09. The van der Waals surface area contributed by atoms with Crippen LogP contribution in [-0.4, -0.2) is 26.0 Å². The van der Waals surface area contributed by atoms with Gasteiger partial charge in [0.15, 0.2) is 0 Å². The Hall–Kier alpha value is -3.43. The number of benzene rings is 1. The number of aromatic nitrogens is 4. The summed E-state index contributed by atoms with van der Waals surface area (Å²) in [6.07, 6.45) is 0.232. The van der Waals surface area contributed by atoms with Gasteiger partial charge in [-0.1, -0.05) is 17.3 Å². The summed E-state index contributed by atoms with van der Waals surface area (Å²) in [5.74, 6) is 0. The molecule has 2 aromatic heterocycles. The van der Waals surface area contributed by atoms with Crippen LogP contribution in [0.2, 0.25) is 0 Å². The van der Waals surface area contributed by atoms with E-state index < -0.39 is 17.8 Å². The van der Waals surface area contributed by atoms with E-state index in [9.17, 15) is 18.0 Å². The van der Waals surface area contributed by atoms with Crippen molar-refractivity contribution in [1.29, 1.82) is 0 Å². The molecule has 134 valence electrons. The second-order valence-electron chi connectivity index (χ2n) is 5.22. The number of hydrogen-bond acceptors (Lipinski definition) is 4. The Morgan fingerprint density at radius 3 is 2.69 bits per heavy atom. The molecule has 0 bridgehead atoms. The molecular formula is C16H13F3N6O. The topological polar surface area (TPSA) is 84.7 Å². The number of alkyl halides is 3. The Morgan fingerprint density at radius 1 is 1.15 bits per heavy atom.